The average molecular weight is 488 g/mol. The summed E-state index contributed by atoms with van der Waals surface area (Å²) in [6.45, 7) is 3.69. The van der Waals surface area contributed by atoms with Crippen molar-refractivity contribution in [2.75, 3.05) is 0 Å². The fraction of sp³-hybridized carbons (Fsp3) is 0.400. The Labute approximate surface area is 197 Å². The molecule has 2 aliphatic rings. The SMILES string of the molecule is CC(C)C1C(=O)N2C(C(=O)OCc3ccc([N+](=O)[O-])cc3)=C(Sc3c([N+](=O)[O-])nnn3C)CC12. The summed E-state index contributed by atoms with van der Waals surface area (Å²) < 4.78 is 6.66. The molecule has 0 saturated carbocycles. The second-order valence-electron chi connectivity index (χ2n) is 8.22. The molecule has 34 heavy (non-hydrogen) atoms. The van der Waals surface area contributed by atoms with E-state index >= 15 is 0 Å². The molecule has 1 aromatic heterocycles. The standard InChI is InChI=1S/C20H20N6O7S/c1-10(2)15-13-8-14(34-19-17(26(31)32)21-22-23(19)3)16(24(13)18(15)27)20(28)33-9-11-4-6-12(7-5-11)25(29)30/h4-7,10,13,15H,8-9H2,1-3H3. The quantitative estimate of drug-likeness (QED) is 0.233. The molecule has 2 aromatic rings. The first-order chi connectivity index (χ1) is 16.1. The Morgan fingerprint density at radius 3 is 2.50 bits per heavy atom. The predicted molar refractivity (Wildman–Crippen MR) is 117 cm³/mol. The van der Waals surface area contributed by atoms with Crippen molar-refractivity contribution in [3.8, 4) is 0 Å². The van der Waals surface area contributed by atoms with E-state index in [-0.39, 0.29) is 46.8 Å². The van der Waals surface area contributed by atoms with E-state index in [1.807, 2.05) is 13.8 Å². The Morgan fingerprint density at radius 2 is 1.91 bits per heavy atom. The lowest BCUT2D eigenvalue weighted by Gasteiger charge is -2.45. The lowest BCUT2D eigenvalue weighted by molar-refractivity contribution is -0.392. The van der Waals surface area contributed by atoms with E-state index in [0.29, 0.717) is 16.9 Å². The minimum absolute atomic E-state index is 0.0503. The van der Waals surface area contributed by atoms with Gasteiger partial charge in [-0.15, -0.1) is 0 Å². The molecule has 1 aromatic carbocycles. The summed E-state index contributed by atoms with van der Waals surface area (Å²) in [6, 6.07) is 5.31. The number of hydrogen-bond donors (Lipinski definition) is 0. The molecular formula is C20H20N6O7S. The van der Waals surface area contributed by atoms with E-state index in [9.17, 15) is 29.8 Å². The van der Waals surface area contributed by atoms with Crippen molar-refractivity contribution in [2.24, 2.45) is 18.9 Å². The summed E-state index contributed by atoms with van der Waals surface area (Å²) in [5.74, 6) is -1.61. The Hall–Kier alpha value is -3.81. The molecule has 0 radical (unpaired) electrons. The maximum atomic E-state index is 13.1. The van der Waals surface area contributed by atoms with Gasteiger partial charge in [0.1, 0.15) is 17.4 Å². The molecule has 1 saturated heterocycles. The Balaban J connectivity index is 1.60. The minimum Gasteiger partial charge on any atom is -0.456 e. The maximum absolute atomic E-state index is 13.1. The normalized spacial score (nSPS) is 19.3. The molecule has 1 amide bonds. The summed E-state index contributed by atoms with van der Waals surface area (Å²) in [6.07, 6.45) is 0.351. The van der Waals surface area contributed by atoms with Crippen molar-refractivity contribution in [3.63, 3.8) is 0 Å². The van der Waals surface area contributed by atoms with Crippen molar-refractivity contribution in [2.45, 2.75) is 37.9 Å². The second kappa shape index (κ2) is 8.85. The van der Waals surface area contributed by atoms with Gasteiger partial charge in [0, 0.05) is 30.5 Å². The molecule has 0 N–H and O–H groups in total. The van der Waals surface area contributed by atoms with Gasteiger partial charge in [0.05, 0.1) is 22.1 Å². The van der Waals surface area contributed by atoms with Crippen molar-refractivity contribution in [3.05, 3.63) is 60.7 Å². The first-order valence-electron chi connectivity index (χ1n) is 10.3. The number of β-lactam (4-membered cyclic amide) rings is 1. The number of nitrogens with zero attached hydrogens (tertiary/aromatic N) is 6. The Morgan fingerprint density at radius 1 is 1.24 bits per heavy atom. The van der Waals surface area contributed by atoms with E-state index in [1.54, 1.807) is 0 Å². The van der Waals surface area contributed by atoms with Gasteiger partial charge in [-0.3, -0.25) is 14.9 Å². The van der Waals surface area contributed by atoms with Crippen LogP contribution in [0.4, 0.5) is 11.5 Å². The third-order valence-corrected chi connectivity index (χ3v) is 7.00. The molecule has 2 aliphatic heterocycles. The number of non-ortho nitro benzene ring substituents is 1. The lowest BCUT2D eigenvalue weighted by atomic mass is 9.79. The summed E-state index contributed by atoms with van der Waals surface area (Å²) in [7, 11) is 1.50. The zero-order valence-corrected chi connectivity index (χ0v) is 19.2. The van der Waals surface area contributed by atoms with Crippen LogP contribution in [0.2, 0.25) is 0 Å². The number of aryl methyl sites for hydroxylation is 1. The van der Waals surface area contributed by atoms with Gasteiger partial charge in [-0.2, -0.15) is 0 Å². The molecule has 13 nitrogen and oxygen atoms in total. The third kappa shape index (κ3) is 4.00. The number of amides is 1. The highest BCUT2D eigenvalue weighted by Gasteiger charge is 2.56. The smallest absolute Gasteiger partial charge is 0.424 e. The van der Waals surface area contributed by atoms with Crippen molar-refractivity contribution in [1.29, 1.82) is 0 Å². The molecule has 3 heterocycles. The Bertz CT molecular complexity index is 1220. The highest BCUT2D eigenvalue weighted by atomic mass is 32.2. The minimum atomic E-state index is -0.753. The molecule has 0 aliphatic carbocycles. The van der Waals surface area contributed by atoms with E-state index in [4.69, 9.17) is 4.74 Å². The zero-order chi connectivity index (χ0) is 24.7. The van der Waals surface area contributed by atoms with Crippen LogP contribution in [0.1, 0.15) is 25.8 Å². The number of esters is 1. The van der Waals surface area contributed by atoms with Crippen LogP contribution in [0.3, 0.4) is 0 Å². The highest BCUT2D eigenvalue weighted by molar-refractivity contribution is 8.03. The molecule has 0 spiro atoms. The van der Waals surface area contributed by atoms with E-state index in [2.05, 4.69) is 10.3 Å². The number of aromatic nitrogens is 3. The van der Waals surface area contributed by atoms with Crippen molar-refractivity contribution < 1.29 is 24.2 Å². The summed E-state index contributed by atoms with van der Waals surface area (Å²) in [5.41, 5.74) is 0.492. The number of nitro benzene ring substituents is 1. The van der Waals surface area contributed by atoms with Gasteiger partial charge in [-0.1, -0.05) is 25.6 Å². The number of thioether (sulfide) groups is 1. The summed E-state index contributed by atoms with van der Waals surface area (Å²) >= 11 is 0.972. The van der Waals surface area contributed by atoms with Gasteiger partial charge in [0.15, 0.2) is 0 Å². The van der Waals surface area contributed by atoms with Gasteiger partial charge in [-0.05, 0) is 28.5 Å². The van der Waals surface area contributed by atoms with Crippen LogP contribution in [0, 0.1) is 32.1 Å². The van der Waals surface area contributed by atoms with E-state index in [1.165, 1.54) is 40.9 Å². The van der Waals surface area contributed by atoms with Crippen LogP contribution in [-0.2, 0) is 28.0 Å². The monoisotopic (exact) mass is 488 g/mol. The van der Waals surface area contributed by atoms with Crippen LogP contribution in [-0.4, -0.2) is 47.7 Å². The van der Waals surface area contributed by atoms with Gasteiger partial charge >= 0.3 is 11.8 Å². The van der Waals surface area contributed by atoms with Crippen molar-refractivity contribution in [1.82, 2.24) is 19.9 Å². The Kier molecular flexibility index (Phi) is 6.08. The van der Waals surface area contributed by atoms with Gasteiger partial charge in [0.2, 0.25) is 10.9 Å². The predicted octanol–water partition coefficient (Wildman–Crippen LogP) is 2.57. The number of carbonyl (C=O) groups excluding carboxylic acids is 2. The zero-order valence-electron chi connectivity index (χ0n) is 18.4. The molecule has 4 rings (SSSR count). The number of rotatable bonds is 8. The number of nitro groups is 2. The third-order valence-electron chi connectivity index (χ3n) is 5.75. The lowest BCUT2D eigenvalue weighted by Crippen LogP contribution is -2.60. The van der Waals surface area contributed by atoms with Crippen LogP contribution < -0.4 is 0 Å². The first-order valence-corrected chi connectivity index (χ1v) is 11.1. The second-order valence-corrected chi connectivity index (χ2v) is 9.31. The molecule has 0 bridgehead atoms. The number of benzene rings is 1. The van der Waals surface area contributed by atoms with Crippen LogP contribution in [0.25, 0.3) is 0 Å². The first kappa shape index (κ1) is 23.4. The summed E-state index contributed by atoms with van der Waals surface area (Å²) in [5, 5.41) is 29.5. The fourth-order valence-electron chi connectivity index (χ4n) is 4.13. The van der Waals surface area contributed by atoms with Gasteiger partial charge in [-0.25, -0.2) is 9.48 Å². The average Bonchev–Trinajstić information content (AvgIpc) is 3.30. The highest BCUT2D eigenvalue weighted by Crippen LogP contribution is 2.50. The fourth-order valence-corrected chi connectivity index (χ4v) is 5.27. The van der Waals surface area contributed by atoms with Gasteiger partial charge in [0.25, 0.3) is 5.69 Å². The molecule has 178 valence electrons. The van der Waals surface area contributed by atoms with Crippen LogP contribution in [0.5, 0.6) is 0 Å². The maximum Gasteiger partial charge on any atom is 0.424 e. The van der Waals surface area contributed by atoms with E-state index in [0.717, 1.165) is 11.8 Å². The topological polar surface area (TPSA) is 164 Å². The number of fused-ring (bicyclic) bond motifs is 1. The van der Waals surface area contributed by atoms with Gasteiger partial charge < -0.3 is 19.8 Å². The largest absolute Gasteiger partial charge is 0.456 e. The number of carbonyl (C=O) groups is 2. The van der Waals surface area contributed by atoms with Crippen LogP contribution in [0.15, 0.2) is 39.9 Å². The number of hydrogen-bond acceptors (Lipinski definition) is 10. The molecule has 1 fully saturated rings. The number of ether oxygens (including phenoxy) is 1. The van der Waals surface area contributed by atoms with Crippen LogP contribution >= 0.6 is 11.8 Å². The molecule has 14 heteroatoms. The summed E-state index contributed by atoms with van der Waals surface area (Å²) in [4.78, 5) is 48.7. The van der Waals surface area contributed by atoms with E-state index < -0.39 is 21.6 Å². The molecular weight excluding hydrogens is 468 g/mol. The molecule has 2 atom stereocenters. The molecule has 2 unspecified atom stereocenters. The van der Waals surface area contributed by atoms with Crippen molar-refractivity contribution >= 4 is 35.1 Å².